The molecule has 1 saturated heterocycles. The minimum absolute atomic E-state index is 0.246. The Morgan fingerprint density at radius 2 is 2.14 bits per heavy atom. The van der Waals surface area contributed by atoms with Crippen LogP contribution >= 0.6 is 0 Å². The summed E-state index contributed by atoms with van der Waals surface area (Å²) in [6.07, 6.45) is -3.36. The van der Waals surface area contributed by atoms with E-state index in [2.05, 4.69) is 17.1 Å². The van der Waals surface area contributed by atoms with Gasteiger partial charge in [0.25, 0.3) is 0 Å². The number of hydrogen-bond acceptors (Lipinski definition) is 3. The Bertz CT molecular complexity index is 518. The van der Waals surface area contributed by atoms with Gasteiger partial charge in [-0.05, 0) is 24.6 Å². The summed E-state index contributed by atoms with van der Waals surface area (Å²) in [4.78, 5) is 2.20. The molecule has 2 unspecified atom stereocenters. The number of nitrogens with one attached hydrogen (secondary N) is 1. The molecule has 116 valence electrons. The summed E-state index contributed by atoms with van der Waals surface area (Å²) in [6, 6.07) is 4.22. The lowest BCUT2D eigenvalue weighted by Gasteiger charge is -2.32. The van der Waals surface area contributed by atoms with Crippen LogP contribution in [0.4, 0.5) is 24.5 Å². The monoisotopic (exact) mass is 300 g/mol. The van der Waals surface area contributed by atoms with Crippen molar-refractivity contribution in [2.75, 3.05) is 36.5 Å². The Hall–Kier alpha value is -1.43. The third-order valence-electron chi connectivity index (χ3n) is 4.22. The van der Waals surface area contributed by atoms with Gasteiger partial charge in [-0.1, -0.05) is 6.92 Å². The molecule has 2 atom stereocenters. The molecule has 1 aromatic rings. The lowest BCUT2D eigenvalue weighted by atomic mass is 10.0. The van der Waals surface area contributed by atoms with E-state index in [0.717, 1.165) is 18.7 Å². The maximum absolute atomic E-state index is 12.9. The Morgan fingerprint density at radius 3 is 2.86 bits per heavy atom. The zero-order valence-corrected chi connectivity index (χ0v) is 11.9. The quantitative estimate of drug-likeness (QED) is 0.906. The van der Waals surface area contributed by atoms with E-state index >= 15 is 0 Å². The van der Waals surface area contributed by atoms with Crippen LogP contribution in [0.15, 0.2) is 18.2 Å². The first-order valence-corrected chi connectivity index (χ1v) is 7.30. The summed E-state index contributed by atoms with van der Waals surface area (Å²) >= 11 is 0. The molecule has 1 N–H and O–H groups in total. The number of fused-ring (bicyclic) bond motifs is 2. The standard InChI is InChI=1S/C15H19F3N2O/c1-2-5-20-13-4-3-11(15(16,17)18)6-12(13)19-7-10-8-21-9-14(10)20/h3-4,6,10,14,19H,2,5,7-9H2,1H3. The summed E-state index contributed by atoms with van der Waals surface area (Å²) in [6.45, 7) is 4.86. The van der Waals surface area contributed by atoms with Crippen molar-refractivity contribution in [1.82, 2.24) is 0 Å². The van der Waals surface area contributed by atoms with Crippen LogP contribution in [0.1, 0.15) is 18.9 Å². The Balaban J connectivity index is 2.00. The fourth-order valence-electron chi connectivity index (χ4n) is 3.18. The van der Waals surface area contributed by atoms with E-state index < -0.39 is 11.7 Å². The molecular weight excluding hydrogens is 281 g/mol. The van der Waals surface area contributed by atoms with Crippen molar-refractivity contribution >= 4 is 11.4 Å². The average Bonchev–Trinajstić information content (AvgIpc) is 2.84. The first kappa shape index (κ1) is 14.5. The Kier molecular flexibility index (Phi) is 3.73. The molecule has 0 saturated carbocycles. The molecule has 1 aromatic carbocycles. The van der Waals surface area contributed by atoms with Gasteiger partial charge >= 0.3 is 6.18 Å². The molecule has 0 aromatic heterocycles. The van der Waals surface area contributed by atoms with Crippen molar-refractivity contribution in [3.05, 3.63) is 23.8 Å². The molecule has 0 amide bonds. The number of alkyl halides is 3. The van der Waals surface area contributed by atoms with Crippen LogP contribution in [0, 0.1) is 5.92 Å². The zero-order valence-electron chi connectivity index (χ0n) is 11.9. The maximum atomic E-state index is 12.9. The van der Waals surface area contributed by atoms with Crippen LogP contribution in [0.5, 0.6) is 0 Å². The number of rotatable bonds is 2. The van der Waals surface area contributed by atoms with Crippen LogP contribution in [0.3, 0.4) is 0 Å². The van der Waals surface area contributed by atoms with Crippen molar-refractivity contribution in [2.24, 2.45) is 5.92 Å². The van der Waals surface area contributed by atoms with Gasteiger partial charge in [-0.25, -0.2) is 0 Å². The predicted molar refractivity (Wildman–Crippen MR) is 75.7 cm³/mol. The summed E-state index contributed by atoms with van der Waals surface area (Å²) in [5, 5.41) is 3.18. The van der Waals surface area contributed by atoms with Gasteiger partial charge in [-0.3, -0.25) is 0 Å². The highest BCUT2D eigenvalue weighted by Gasteiger charge is 2.37. The second-order valence-corrected chi connectivity index (χ2v) is 5.67. The predicted octanol–water partition coefficient (Wildman–Crippen LogP) is 3.36. The first-order chi connectivity index (χ1) is 10.0. The third kappa shape index (κ3) is 2.69. The molecule has 1 fully saturated rings. The third-order valence-corrected chi connectivity index (χ3v) is 4.22. The highest BCUT2D eigenvalue weighted by atomic mass is 19.4. The number of ether oxygens (including phenoxy) is 1. The molecular formula is C15H19F3N2O. The number of anilines is 2. The first-order valence-electron chi connectivity index (χ1n) is 7.30. The van der Waals surface area contributed by atoms with E-state index in [1.807, 2.05) is 0 Å². The summed E-state index contributed by atoms with van der Waals surface area (Å²) < 4.78 is 44.2. The van der Waals surface area contributed by atoms with Gasteiger partial charge in [0.15, 0.2) is 0 Å². The smallest absolute Gasteiger partial charge is 0.383 e. The Labute approximate surface area is 122 Å². The molecule has 2 heterocycles. The van der Waals surface area contributed by atoms with Gasteiger partial charge < -0.3 is 15.0 Å². The fraction of sp³-hybridized carbons (Fsp3) is 0.600. The highest BCUT2D eigenvalue weighted by Crippen LogP contribution is 2.39. The SMILES string of the molecule is CCCN1c2ccc(C(F)(F)F)cc2NCC2COCC21. The van der Waals surface area contributed by atoms with Gasteiger partial charge in [0, 0.05) is 19.0 Å². The Morgan fingerprint density at radius 1 is 1.33 bits per heavy atom. The zero-order chi connectivity index (χ0) is 15.0. The van der Waals surface area contributed by atoms with Crippen LogP contribution in [0.25, 0.3) is 0 Å². The van der Waals surface area contributed by atoms with E-state index in [4.69, 9.17) is 4.74 Å². The minimum Gasteiger partial charge on any atom is -0.383 e. The van der Waals surface area contributed by atoms with Crippen molar-refractivity contribution in [1.29, 1.82) is 0 Å². The molecule has 3 rings (SSSR count). The lowest BCUT2D eigenvalue weighted by molar-refractivity contribution is -0.137. The molecule has 2 aliphatic heterocycles. The molecule has 3 nitrogen and oxygen atoms in total. The van der Waals surface area contributed by atoms with Crippen molar-refractivity contribution < 1.29 is 17.9 Å². The van der Waals surface area contributed by atoms with Crippen LogP contribution in [0.2, 0.25) is 0 Å². The topological polar surface area (TPSA) is 24.5 Å². The van der Waals surface area contributed by atoms with E-state index in [1.54, 1.807) is 6.07 Å². The second-order valence-electron chi connectivity index (χ2n) is 5.67. The molecule has 0 aliphatic carbocycles. The van der Waals surface area contributed by atoms with Gasteiger partial charge in [0.1, 0.15) is 0 Å². The highest BCUT2D eigenvalue weighted by molar-refractivity contribution is 5.72. The van der Waals surface area contributed by atoms with Crippen molar-refractivity contribution in [2.45, 2.75) is 25.6 Å². The van der Waals surface area contributed by atoms with Crippen molar-refractivity contribution in [3.8, 4) is 0 Å². The summed E-state index contributed by atoms with van der Waals surface area (Å²) in [7, 11) is 0. The van der Waals surface area contributed by atoms with Gasteiger partial charge in [0.2, 0.25) is 0 Å². The minimum atomic E-state index is -4.31. The number of benzene rings is 1. The average molecular weight is 300 g/mol. The van der Waals surface area contributed by atoms with Crippen molar-refractivity contribution in [3.63, 3.8) is 0 Å². The van der Waals surface area contributed by atoms with E-state index in [1.165, 1.54) is 12.1 Å². The molecule has 21 heavy (non-hydrogen) atoms. The van der Waals surface area contributed by atoms with Crippen LogP contribution in [-0.2, 0) is 10.9 Å². The van der Waals surface area contributed by atoms with Crippen LogP contribution in [-0.4, -0.2) is 32.3 Å². The van der Waals surface area contributed by atoms with Crippen LogP contribution < -0.4 is 10.2 Å². The van der Waals surface area contributed by atoms with E-state index in [0.29, 0.717) is 31.4 Å². The van der Waals surface area contributed by atoms with E-state index in [9.17, 15) is 13.2 Å². The van der Waals surface area contributed by atoms with Gasteiger partial charge in [0.05, 0.1) is 36.2 Å². The molecule has 0 radical (unpaired) electrons. The fourth-order valence-corrected chi connectivity index (χ4v) is 3.18. The summed E-state index contributed by atoms with van der Waals surface area (Å²) in [5.74, 6) is 0.318. The number of hydrogen-bond donors (Lipinski definition) is 1. The normalized spacial score (nSPS) is 25.0. The summed E-state index contributed by atoms with van der Waals surface area (Å²) in [5.41, 5.74) is 0.823. The van der Waals surface area contributed by atoms with E-state index in [-0.39, 0.29) is 6.04 Å². The molecule has 0 spiro atoms. The van der Waals surface area contributed by atoms with Gasteiger partial charge in [-0.15, -0.1) is 0 Å². The lowest BCUT2D eigenvalue weighted by Crippen LogP contribution is -2.41. The second kappa shape index (κ2) is 5.40. The molecule has 0 bridgehead atoms. The maximum Gasteiger partial charge on any atom is 0.416 e. The van der Waals surface area contributed by atoms with Gasteiger partial charge in [-0.2, -0.15) is 13.2 Å². The largest absolute Gasteiger partial charge is 0.416 e. The number of nitrogens with zero attached hydrogens (tertiary/aromatic N) is 1. The molecule has 2 aliphatic rings. The number of halogens is 3. The molecule has 6 heteroatoms.